The van der Waals surface area contributed by atoms with Gasteiger partial charge in [-0.15, -0.1) is 0 Å². The van der Waals surface area contributed by atoms with Crippen LogP contribution in [0.4, 0.5) is 4.79 Å². The van der Waals surface area contributed by atoms with Gasteiger partial charge >= 0.3 is 6.03 Å². The molecule has 0 aliphatic carbocycles. The normalized spacial score (nSPS) is 26.1. The van der Waals surface area contributed by atoms with Crippen molar-refractivity contribution < 1.29 is 9.53 Å². The quantitative estimate of drug-likeness (QED) is 0.714. The van der Waals surface area contributed by atoms with E-state index in [1.165, 1.54) is 0 Å². The van der Waals surface area contributed by atoms with E-state index in [0.717, 1.165) is 26.0 Å². The highest BCUT2D eigenvalue weighted by Gasteiger charge is 2.26. The van der Waals surface area contributed by atoms with E-state index < -0.39 is 0 Å². The lowest BCUT2D eigenvalue weighted by Gasteiger charge is -2.17. The number of carbonyl (C=O) groups is 1. The van der Waals surface area contributed by atoms with Crippen LogP contribution in [0.2, 0.25) is 0 Å². The van der Waals surface area contributed by atoms with Crippen LogP contribution in [-0.4, -0.2) is 31.8 Å². The maximum absolute atomic E-state index is 11.1. The summed E-state index contributed by atoms with van der Waals surface area (Å²) in [5.41, 5.74) is 0. The van der Waals surface area contributed by atoms with Crippen molar-refractivity contribution in [2.75, 3.05) is 19.7 Å². The molecule has 2 atom stereocenters. The number of amides is 2. The van der Waals surface area contributed by atoms with Gasteiger partial charge in [-0.25, -0.2) is 4.79 Å². The summed E-state index contributed by atoms with van der Waals surface area (Å²) in [6.45, 7) is 6.26. The Bertz CT molecular complexity index is 185. The van der Waals surface area contributed by atoms with Gasteiger partial charge in [-0.3, -0.25) is 0 Å². The highest BCUT2D eigenvalue weighted by atomic mass is 16.5. The van der Waals surface area contributed by atoms with Gasteiger partial charge in [0.05, 0.1) is 6.10 Å². The molecule has 0 aromatic heterocycles. The predicted molar refractivity (Wildman–Crippen MR) is 55.2 cm³/mol. The summed E-state index contributed by atoms with van der Waals surface area (Å²) in [7, 11) is 0. The Morgan fingerprint density at radius 1 is 1.43 bits per heavy atom. The summed E-state index contributed by atoms with van der Waals surface area (Å²) >= 11 is 0. The molecule has 0 radical (unpaired) electrons. The van der Waals surface area contributed by atoms with Crippen LogP contribution >= 0.6 is 0 Å². The standard InChI is InChI=1S/C10H20N2O2/c1-3-9-8(5-6-14-9)7-12-10(13)11-4-2/h8-9H,3-7H2,1-2H3,(H2,11,12,13). The number of nitrogens with one attached hydrogen (secondary N) is 2. The monoisotopic (exact) mass is 200 g/mol. The van der Waals surface area contributed by atoms with Crippen LogP contribution in [-0.2, 0) is 4.74 Å². The van der Waals surface area contributed by atoms with E-state index in [0.29, 0.717) is 18.6 Å². The Kier molecular flexibility index (Phi) is 4.73. The molecule has 0 bridgehead atoms. The van der Waals surface area contributed by atoms with Gasteiger partial charge in [-0.2, -0.15) is 0 Å². The van der Waals surface area contributed by atoms with E-state index in [4.69, 9.17) is 4.74 Å². The Morgan fingerprint density at radius 2 is 2.21 bits per heavy atom. The van der Waals surface area contributed by atoms with Gasteiger partial charge in [0.2, 0.25) is 0 Å². The Hall–Kier alpha value is -0.770. The number of hydrogen-bond acceptors (Lipinski definition) is 2. The van der Waals surface area contributed by atoms with Gasteiger partial charge in [0, 0.05) is 25.6 Å². The van der Waals surface area contributed by atoms with E-state index in [2.05, 4.69) is 17.6 Å². The van der Waals surface area contributed by atoms with E-state index in [1.54, 1.807) is 0 Å². The largest absolute Gasteiger partial charge is 0.378 e. The van der Waals surface area contributed by atoms with E-state index in [-0.39, 0.29) is 6.03 Å². The summed E-state index contributed by atoms with van der Waals surface area (Å²) in [6, 6.07) is -0.0748. The third kappa shape index (κ3) is 3.18. The first-order chi connectivity index (χ1) is 6.77. The fraction of sp³-hybridized carbons (Fsp3) is 0.900. The minimum atomic E-state index is -0.0748. The molecule has 1 rings (SSSR count). The molecule has 1 saturated heterocycles. The maximum Gasteiger partial charge on any atom is 0.314 e. The van der Waals surface area contributed by atoms with Crippen molar-refractivity contribution in [1.82, 2.24) is 10.6 Å². The first-order valence-corrected chi connectivity index (χ1v) is 5.41. The average molecular weight is 200 g/mol. The fourth-order valence-electron chi connectivity index (χ4n) is 1.82. The first-order valence-electron chi connectivity index (χ1n) is 5.41. The van der Waals surface area contributed by atoms with E-state index in [9.17, 15) is 4.79 Å². The zero-order valence-corrected chi connectivity index (χ0v) is 9.01. The van der Waals surface area contributed by atoms with Gasteiger partial charge in [0.25, 0.3) is 0 Å². The Labute approximate surface area is 85.4 Å². The van der Waals surface area contributed by atoms with Gasteiger partial charge in [0.15, 0.2) is 0 Å². The molecule has 2 amide bonds. The maximum atomic E-state index is 11.1. The summed E-state index contributed by atoms with van der Waals surface area (Å²) in [6.07, 6.45) is 2.42. The molecule has 1 fully saturated rings. The molecule has 0 aromatic rings. The molecule has 0 aromatic carbocycles. The number of ether oxygens (including phenoxy) is 1. The van der Waals surface area contributed by atoms with Crippen LogP contribution < -0.4 is 10.6 Å². The average Bonchev–Trinajstić information content (AvgIpc) is 2.62. The van der Waals surface area contributed by atoms with Crippen molar-refractivity contribution in [2.24, 2.45) is 5.92 Å². The second-order valence-corrected chi connectivity index (χ2v) is 3.61. The van der Waals surface area contributed by atoms with Crippen LogP contribution in [0, 0.1) is 5.92 Å². The number of rotatable bonds is 4. The van der Waals surface area contributed by atoms with Crippen molar-refractivity contribution in [3.8, 4) is 0 Å². The SMILES string of the molecule is CCNC(=O)NCC1CCOC1CC. The Morgan fingerprint density at radius 3 is 2.86 bits per heavy atom. The molecule has 14 heavy (non-hydrogen) atoms. The third-order valence-electron chi connectivity index (χ3n) is 2.61. The molecule has 1 aliphatic rings. The van der Waals surface area contributed by atoms with Gasteiger partial charge in [-0.05, 0) is 19.8 Å². The van der Waals surface area contributed by atoms with Crippen molar-refractivity contribution in [3.63, 3.8) is 0 Å². The highest BCUT2D eigenvalue weighted by Crippen LogP contribution is 2.22. The van der Waals surface area contributed by atoms with E-state index in [1.807, 2.05) is 6.92 Å². The molecule has 0 saturated carbocycles. The lowest BCUT2D eigenvalue weighted by Crippen LogP contribution is -2.39. The lowest BCUT2D eigenvalue weighted by atomic mass is 10.00. The van der Waals surface area contributed by atoms with Crippen molar-refractivity contribution in [3.05, 3.63) is 0 Å². The molecule has 1 heterocycles. The number of hydrogen-bond donors (Lipinski definition) is 2. The second-order valence-electron chi connectivity index (χ2n) is 3.61. The van der Waals surface area contributed by atoms with Crippen molar-refractivity contribution in [1.29, 1.82) is 0 Å². The van der Waals surface area contributed by atoms with Gasteiger partial charge in [-0.1, -0.05) is 6.92 Å². The van der Waals surface area contributed by atoms with Gasteiger partial charge in [0.1, 0.15) is 0 Å². The van der Waals surface area contributed by atoms with Crippen LogP contribution in [0.15, 0.2) is 0 Å². The smallest absolute Gasteiger partial charge is 0.314 e. The number of carbonyl (C=O) groups excluding carboxylic acids is 1. The zero-order chi connectivity index (χ0) is 10.4. The van der Waals surface area contributed by atoms with Crippen LogP contribution in [0.3, 0.4) is 0 Å². The molecule has 2 unspecified atom stereocenters. The molecular weight excluding hydrogens is 180 g/mol. The van der Waals surface area contributed by atoms with Gasteiger partial charge < -0.3 is 15.4 Å². The molecule has 0 spiro atoms. The first kappa shape index (κ1) is 11.3. The summed E-state index contributed by atoms with van der Waals surface area (Å²) in [5.74, 6) is 0.489. The highest BCUT2D eigenvalue weighted by molar-refractivity contribution is 5.73. The molecule has 82 valence electrons. The van der Waals surface area contributed by atoms with E-state index >= 15 is 0 Å². The summed E-state index contributed by atoms with van der Waals surface area (Å²) < 4.78 is 5.54. The lowest BCUT2D eigenvalue weighted by molar-refractivity contribution is 0.0878. The molecule has 4 nitrogen and oxygen atoms in total. The second kappa shape index (κ2) is 5.86. The zero-order valence-electron chi connectivity index (χ0n) is 9.01. The van der Waals surface area contributed by atoms with Crippen molar-refractivity contribution >= 4 is 6.03 Å². The molecular formula is C10H20N2O2. The molecule has 4 heteroatoms. The van der Waals surface area contributed by atoms with Crippen molar-refractivity contribution in [2.45, 2.75) is 32.8 Å². The minimum absolute atomic E-state index is 0.0748. The molecule has 1 aliphatic heterocycles. The van der Waals surface area contributed by atoms with Crippen LogP contribution in [0.1, 0.15) is 26.7 Å². The number of urea groups is 1. The van der Waals surface area contributed by atoms with Crippen LogP contribution in [0.5, 0.6) is 0 Å². The topological polar surface area (TPSA) is 50.4 Å². The Balaban J connectivity index is 2.20. The third-order valence-corrected chi connectivity index (χ3v) is 2.61. The molecule has 2 N–H and O–H groups in total. The predicted octanol–water partition coefficient (Wildman–Crippen LogP) is 1.12. The fourth-order valence-corrected chi connectivity index (χ4v) is 1.82. The summed E-state index contributed by atoms with van der Waals surface area (Å²) in [5, 5.41) is 5.57. The summed E-state index contributed by atoms with van der Waals surface area (Å²) in [4.78, 5) is 11.1. The van der Waals surface area contributed by atoms with Crippen LogP contribution in [0.25, 0.3) is 0 Å². The minimum Gasteiger partial charge on any atom is -0.378 e.